The van der Waals surface area contributed by atoms with Gasteiger partial charge in [-0.3, -0.25) is 4.79 Å². The highest BCUT2D eigenvalue weighted by molar-refractivity contribution is 7.98. The summed E-state index contributed by atoms with van der Waals surface area (Å²) < 4.78 is 7.59. The van der Waals surface area contributed by atoms with Crippen molar-refractivity contribution < 1.29 is 9.53 Å². The third-order valence-electron chi connectivity index (χ3n) is 3.64. The van der Waals surface area contributed by atoms with Crippen molar-refractivity contribution in [3.63, 3.8) is 0 Å². The Hall–Kier alpha value is -2.10. The van der Waals surface area contributed by atoms with Crippen molar-refractivity contribution in [2.75, 3.05) is 0 Å². The SMILES string of the molecule is Cn1c(CCC(N)=O)nnc1SCc1csc(COc2ccc(Cl)cc2)n1. The lowest BCUT2D eigenvalue weighted by Gasteiger charge is -2.03. The van der Waals surface area contributed by atoms with E-state index in [9.17, 15) is 4.79 Å². The molecule has 142 valence electrons. The van der Waals surface area contributed by atoms with Crippen molar-refractivity contribution in [3.05, 3.63) is 51.2 Å². The second-order valence-electron chi connectivity index (χ2n) is 5.69. The molecule has 2 heterocycles. The first-order valence-electron chi connectivity index (χ1n) is 8.12. The van der Waals surface area contributed by atoms with Crippen LogP contribution < -0.4 is 10.5 Å². The van der Waals surface area contributed by atoms with Crippen molar-refractivity contribution >= 4 is 40.6 Å². The Morgan fingerprint density at radius 1 is 1.33 bits per heavy atom. The third-order valence-corrected chi connectivity index (χ3v) is 5.82. The summed E-state index contributed by atoms with van der Waals surface area (Å²) >= 11 is 8.97. The van der Waals surface area contributed by atoms with Gasteiger partial charge in [0.25, 0.3) is 0 Å². The van der Waals surface area contributed by atoms with Crippen LogP contribution in [0.5, 0.6) is 5.75 Å². The van der Waals surface area contributed by atoms with E-state index in [-0.39, 0.29) is 12.3 Å². The summed E-state index contributed by atoms with van der Waals surface area (Å²) in [6.07, 6.45) is 0.752. The lowest BCUT2D eigenvalue weighted by molar-refractivity contribution is -0.118. The number of carbonyl (C=O) groups excluding carboxylic acids is 1. The Morgan fingerprint density at radius 3 is 2.85 bits per heavy atom. The first-order valence-corrected chi connectivity index (χ1v) is 10.4. The zero-order chi connectivity index (χ0) is 19.2. The number of hydrogen-bond acceptors (Lipinski definition) is 7. The molecule has 0 atom stereocenters. The summed E-state index contributed by atoms with van der Waals surface area (Å²) in [7, 11) is 1.88. The van der Waals surface area contributed by atoms with Gasteiger partial charge in [-0.2, -0.15) is 0 Å². The maximum atomic E-state index is 10.9. The van der Waals surface area contributed by atoms with Crippen LogP contribution in [-0.4, -0.2) is 25.7 Å². The molecule has 0 saturated carbocycles. The number of aryl methyl sites for hydroxylation is 1. The van der Waals surface area contributed by atoms with Gasteiger partial charge in [0.2, 0.25) is 5.91 Å². The molecule has 2 N–H and O–H groups in total. The molecule has 0 saturated heterocycles. The number of thioether (sulfide) groups is 1. The minimum atomic E-state index is -0.344. The van der Waals surface area contributed by atoms with Crippen LogP contribution in [-0.2, 0) is 30.6 Å². The summed E-state index contributed by atoms with van der Waals surface area (Å²) in [5.74, 6) is 1.84. The molecule has 7 nitrogen and oxygen atoms in total. The maximum Gasteiger partial charge on any atom is 0.217 e. The van der Waals surface area contributed by atoms with Gasteiger partial charge in [-0.15, -0.1) is 21.5 Å². The molecule has 0 aliphatic heterocycles. The molecule has 0 fully saturated rings. The fraction of sp³-hybridized carbons (Fsp3) is 0.294. The van der Waals surface area contributed by atoms with E-state index in [0.717, 1.165) is 27.4 Å². The molecule has 0 radical (unpaired) electrons. The number of rotatable bonds is 9. The van der Waals surface area contributed by atoms with Gasteiger partial charge >= 0.3 is 0 Å². The molecule has 3 aromatic rings. The lowest BCUT2D eigenvalue weighted by Crippen LogP contribution is -2.12. The van der Waals surface area contributed by atoms with Crippen molar-refractivity contribution in [2.45, 2.75) is 30.4 Å². The molecule has 10 heteroatoms. The van der Waals surface area contributed by atoms with E-state index in [1.807, 2.05) is 29.1 Å². The first kappa shape index (κ1) is 19.7. The summed E-state index contributed by atoms with van der Waals surface area (Å²) in [6, 6.07) is 7.24. The van der Waals surface area contributed by atoms with Crippen LogP contribution in [0.15, 0.2) is 34.8 Å². The van der Waals surface area contributed by atoms with E-state index in [1.54, 1.807) is 35.2 Å². The topological polar surface area (TPSA) is 95.9 Å². The molecular weight excluding hydrogens is 406 g/mol. The number of thiazole rings is 1. The number of amides is 1. The fourth-order valence-electron chi connectivity index (χ4n) is 2.22. The number of nitrogens with two attached hydrogens (primary N) is 1. The van der Waals surface area contributed by atoms with Crippen molar-refractivity contribution in [3.8, 4) is 5.75 Å². The average Bonchev–Trinajstić information content (AvgIpc) is 3.24. The van der Waals surface area contributed by atoms with E-state index in [2.05, 4.69) is 15.2 Å². The number of hydrogen-bond donors (Lipinski definition) is 1. The van der Waals surface area contributed by atoms with Gasteiger partial charge in [0.1, 0.15) is 23.2 Å². The van der Waals surface area contributed by atoms with Crippen LogP contribution in [0.4, 0.5) is 0 Å². The molecule has 1 amide bonds. The van der Waals surface area contributed by atoms with Gasteiger partial charge in [-0.05, 0) is 24.3 Å². The Morgan fingerprint density at radius 2 is 2.11 bits per heavy atom. The Labute approximate surface area is 169 Å². The molecule has 2 aromatic heterocycles. The smallest absolute Gasteiger partial charge is 0.217 e. The highest BCUT2D eigenvalue weighted by Gasteiger charge is 2.11. The number of carbonyl (C=O) groups is 1. The number of benzene rings is 1. The quantitative estimate of drug-likeness (QED) is 0.531. The van der Waals surface area contributed by atoms with E-state index in [4.69, 9.17) is 22.1 Å². The van der Waals surface area contributed by atoms with Crippen LogP contribution in [0.3, 0.4) is 0 Å². The fourth-order valence-corrected chi connectivity index (χ4v) is 3.98. The van der Waals surface area contributed by atoms with Gasteiger partial charge in [0, 0.05) is 36.0 Å². The van der Waals surface area contributed by atoms with Crippen LogP contribution in [0.2, 0.25) is 5.02 Å². The molecule has 0 spiro atoms. The van der Waals surface area contributed by atoms with Gasteiger partial charge in [0.05, 0.1) is 5.69 Å². The predicted molar refractivity (Wildman–Crippen MR) is 106 cm³/mol. The minimum Gasteiger partial charge on any atom is -0.486 e. The number of ether oxygens (including phenoxy) is 1. The maximum absolute atomic E-state index is 10.9. The third kappa shape index (κ3) is 5.69. The van der Waals surface area contributed by atoms with Crippen molar-refractivity contribution in [2.24, 2.45) is 12.8 Å². The van der Waals surface area contributed by atoms with Crippen molar-refractivity contribution in [1.29, 1.82) is 0 Å². The molecule has 0 unspecified atom stereocenters. The Bertz CT molecular complexity index is 910. The standard InChI is InChI=1S/C17H18ClN5O2S2/c1-23-15(7-6-14(19)24)21-22-17(23)27-10-12-9-26-16(20-12)8-25-13-4-2-11(18)3-5-13/h2-5,9H,6-8,10H2,1H3,(H2,19,24). The second-order valence-corrected chi connectivity index (χ2v) is 8.01. The van der Waals surface area contributed by atoms with Crippen molar-refractivity contribution in [1.82, 2.24) is 19.7 Å². The summed E-state index contributed by atoms with van der Waals surface area (Å²) in [4.78, 5) is 15.5. The molecule has 1 aromatic carbocycles. The number of primary amides is 1. The van der Waals surface area contributed by atoms with Gasteiger partial charge in [-0.25, -0.2) is 4.98 Å². The van der Waals surface area contributed by atoms with E-state index in [0.29, 0.717) is 23.8 Å². The molecule has 0 aliphatic rings. The first-order chi connectivity index (χ1) is 13.0. The summed E-state index contributed by atoms with van der Waals surface area (Å²) in [5, 5.41) is 12.6. The molecule has 0 aliphatic carbocycles. The number of aromatic nitrogens is 4. The van der Waals surface area contributed by atoms with E-state index < -0.39 is 0 Å². The molecule has 27 heavy (non-hydrogen) atoms. The monoisotopic (exact) mass is 423 g/mol. The summed E-state index contributed by atoms with van der Waals surface area (Å²) in [6.45, 7) is 0.415. The Kier molecular flexibility index (Phi) is 6.70. The van der Waals surface area contributed by atoms with Gasteiger partial charge in [0.15, 0.2) is 5.16 Å². The zero-order valence-corrected chi connectivity index (χ0v) is 17.0. The number of nitrogens with zero attached hydrogens (tertiary/aromatic N) is 4. The Balaban J connectivity index is 1.51. The molecule has 0 bridgehead atoms. The summed E-state index contributed by atoms with van der Waals surface area (Å²) in [5.41, 5.74) is 6.14. The van der Waals surface area contributed by atoms with Crippen LogP contribution in [0.25, 0.3) is 0 Å². The van der Waals surface area contributed by atoms with E-state index in [1.165, 1.54) is 0 Å². The highest BCUT2D eigenvalue weighted by atomic mass is 35.5. The van der Waals surface area contributed by atoms with Gasteiger partial charge in [-0.1, -0.05) is 23.4 Å². The lowest BCUT2D eigenvalue weighted by atomic mass is 10.3. The largest absolute Gasteiger partial charge is 0.486 e. The minimum absolute atomic E-state index is 0.264. The molecular formula is C17H18ClN5O2S2. The van der Waals surface area contributed by atoms with Crippen LogP contribution >= 0.6 is 34.7 Å². The predicted octanol–water partition coefficient (Wildman–Crippen LogP) is 3.21. The number of halogens is 1. The normalized spacial score (nSPS) is 10.9. The second kappa shape index (κ2) is 9.20. The molecule has 3 rings (SSSR count). The van der Waals surface area contributed by atoms with Crippen LogP contribution in [0, 0.1) is 0 Å². The van der Waals surface area contributed by atoms with Crippen LogP contribution in [0.1, 0.15) is 22.9 Å². The van der Waals surface area contributed by atoms with Gasteiger partial charge < -0.3 is 15.0 Å². The highest BCUT2D eigenvalue weighted by Crippen LogP contribution is 2.23. The average molecular weight is 424 g/mol. The van der Waals surface area contributed by atoms with E-state index >= 15 is 0 Å². The zero-order valence-electron chi connectivity index (χ0n) is 14.6.